The molecule has 0 saturated heterocycles. The summed E-state index contributed by atoms with van der Waals surface area (Å²) in [5.74, 6) is 1.09. The zero-order valence-electron chi connectivity index (χ0n) is 14.9. The summed E-state index contributed by atoms with van der Waals surface area (Å²) in [6.45, 7) is 3.33. The van der Waals surface area contributed by atoms with Crippen molar-refractivity contribution < 1.29 is 9.53 Å². The Morgan fingerprint density at radius 1 is 1.23 bits per heavy atom. The smallest absolute Gasteiger partial charge is 0.265 e. The third kappa shape index (κ3) is 4.33. The van der Waals surface area contributed by atoms with E-state index in [1.54, 1.807) is 4.90 Å². The maximum atomic E-state index is 12.1. The molecular weight excluding hydrogens is 328 g/mol. The number of fused-ring (bicyclic) bond motifs is 1. The van der Waals surface area contributed by atoms with E-state index >= 15 is 0 Å². The van der Waals surface area contributed by atoms with Crippen LogP contribution in [0, 0.1) is 0 Å². The molecule has 0 bridgehead atoms. The van der Waals surface area contributed by atoms with Crippen LogP contribution in [-0.4, -0.2) is 31.6 Å². The van der Waals surface area contributed by atoms with Gasteiger partial charge in [0, 0.05) is 18.8 Å². The van der Waals surface area contributed by atoms with E-state index in [2.05, 4.69) is 29.4 Å². The minimum Gasteiger partial charge on any atom is -0.482 e. The first-order valence-corrected chi connectivity index (χ1v) is 8.85. The van der Waals surface area contributed by atoms with Crippen LogP contribution >= 0.6 is 0 Å². The van der Waals surface area contributed by atoms with Gasteiger partial charge in [0.05, 0.1) is 5.69 Å². The van der Waals surface area contributed by atoms with Crippen molar-refractivity contribution in [3.8, 4) is 5.75 Å². The van der Waals surface area contributed by atoms with Crippen molar-refractivity contribution in [2.45, 2.75) is 19.8 Å². The fraction of sp³-hybridized carbons (Fsp3) is 0.300. The number of aliphatic imine (C=N–C) groups is 1. The molecule has 2 aromatic rings. The predicted octanol–water partition coefficient (Wildman–Crippen LogP) is 2.79. The Morgan fingerprint density at radius 2 is 2.00 bits per heavy atom. The molecule has 3 rings (SSSR count). The zero-order chi connectivity index (χ0) is 18.4. The molecule has 3 N–H and O–H groups in total. The van der Waals surface area contributed by atoms with Crippen LogP contribution in [-0.2, 0) is 11.2 Å². The van der Waals surface area contributed by atoms with Crippen molar-refractivity contribution >= 4 is 23.2 Å². The molecule has 0 saturated carbocycles. The van der Waals surface area contributed by atoms with Gasteiger partial charge in [-0.1, -0.05) is 31.2 Å². The number of hydrogen-bond donors (Lipinski definition) is 2. The number of guanidine groups is 1. The number of ether oxygens (including phenoxy) is 1. The second-order valence-corrected chi connectivity index (χ2v) is 6.10. The number of aryl methyl sites for hydroxylation is 1. The van der Waals surface area contributed by atoms with Gasteiger partial charge in [0.2, 0.25) is 0 Å². The molecule has 0 atom stereocenters. The lowest BCUT2D eigenvalue weighted by Gasteiger charge is -2.29. The summed E-state index contributed by atoms with van der Waals surface area (Å²) in [5.41, 5.74) is 8.95. The molecule has 0 unspecified atom stereocenters. The molecule has 1 aliphatic rings. The van der Waals surface area contributed by atoms with Gasteiger partial charge in [-0.05, 0) is 42.7 Å². The van der Waals surface area contributed by atoms with Crippen LogP contribution in [0.1, 0.15) is 18.9 Å². The number of carbonyl (C=O) groups excluding carboxylic acids is 1. The summed E-state index contributed by atoms with van der Waals surface area (Å²) in [6, 6.07) is 15.7. The van der Waals surface area contributed by atoms with E-state index in [9.17, 15) is 4.79 Å². The first-order valence-electron chi connectivity index (χ1n) is 8.85. The van der Waals surface area contributed by atoms with Gasteiger partial charge in [0.15, 0.2) is 12.6 Å². The fourth-order valence-corrected chi connectivity index (χ4v) is 2.84. The molecule has 0 fully saturated rings. The fourth-order valence-electron chi connectivity index (χ4n) is 2.84. The number of amides is 1. The largest absolute Gasteiger partial charge is 0.482 e. The Bertz CT molecular complexity index is 787. The molecule has 1 amide bonds. The van der Waals surface area contributed by atoms with Gasteiger partial charge >= 0.3 is 0 Å². The van der Waals surface area contributed by atoms with Crippen LogP contribution in [0.15, 0.2) is 53.5 Å². The minimum atomic E-state index is -0.0326. The van der Waals surface area contributed by atoms with E-state index in [1.165, 1.54) is 5.56 Å². The third-order valence-corrected chi connectivity index (χ3v) is 4.26. The van der Waals surface area contributed by atoms with Crippen LogP contribution in [0.25, 0.3) is 0 Å². The van der Waals surface area contributed by atoms with E-state index < -0.39 is 0 Å². The number of benzene rings is 2. The lowest BCUT2D eigenvalue weighted by Crippen LogP contribution is -2.39. The summed E-state index contributed by atoms with van der Waals surface area (Å²) >= 11 is 0. The highest BCUT2D eigenvalue weighted by Crippen LogP contribution is 2.31. The van der Waals surface area contributed by atoms with Crippen LogP contribution in [0.2, 0.25) is 0 Å². The van der Waals surface area contributed by atoms with Crippen LogP contribution < -0.4 is 20.7 Å². The molecule has 0 spiro atoms. The normalized spacial score (nSPS) is 14.0. The Balaban J connectivity index is 1.51. The van der Waals surface area contributed by atoms with Crippen LogP contribution in [0.4, 0.5) is 11.4 Å². The van der Waals surface area contributed by atoms with E-state index in [0.29, 0.717) is 19.0 Å². The third-order valence-electron chi connectivity index (χ3n) is 4.26. The molecule has 1 heterocycles. The van der Waals surface area contributed by atoms with Crippen molar-refractivity contribution in [2.75, 3.05) is 29.9 Å². The topological polar surface area (TPSA) is 80.0 Å². The zero-order valence-corrected chi connectivity index (χ0v) is 14.9. The van der Waals surface area contributed by atoms with Crippen molar-refractivity contribution in [2.24, 2.45) is 10.7 Å². The molecule has 0 radical (unpaired) electrons. The molecule has 26 heavy (non-hydrogen) atoms. The highest BCUT2D eigenvalue weighted by atomic mass is 16.5. The number of nitrogens with two attached hydrogens (primary N) is 1. The predicted molar refractivity (Wildman–Crippen MR) is 105 cm³/mol. The molecule has 0 aromatic heterocycles. The number of para-hydroxylation sites is 2. The van der Waals surface area contributed by atoms with E-state index in [4.69, 9.17) is 10.5 Å². The summed E-state index contributed by atoms with van der Waals surface area (Å²) < 4.78 is 5.44. The number of hydrogen-bond acceptors (Lipinski definition) is 3. The number of anilines is 2. The first kappa shape index (κ1) is 17.8. The van der Waals surface area contributed by atoms with Gasteiger partial charge in [0.25, 0.3) is 5.91 Å². The molecular formula is C20H24N4O2. The first-order chi connectivity index (χ1) is 12.7. The standard InChI is InChI=1S/C20H24N4O2/c1-2-15-8-10-16(11-9-15)23-20(21)22-12-5-13-24-17-6-3-4-7-18(17)26-14-19(24)25/h3-4,6-11H,2,5,12-14H2,1H3,(H3,21,22,23). The maximum absolute atomic E-state index is 12.1. The lowest BCUT2D eigenvalue weighted by atomic mass is 10.1. The Morgan fingerprint density at radius 3 is 2.77 bits per heavy atom. The summed E-state index contributed by atoms with van der Waals surface area (Å²) in [5, 5.41) is 3.08. The van der Waals surface area contributed by atoms with Gasteiger partial charge in [-0.25, -0.2) is 0 Å². The number of carbonyl (C=O) groups is 1. The van der Waals surface area contributed by atoms with Crippen molar-refractivity contribution in [3.05, 3.63) is 54.1 Å². The lowest BCUT2D eigenvalue weighted by molar-refractivity contribution is -0.121. The second kappa shape index (κ2) is 8.38. The van der Waals surface area contributed by atoms with Gasteiger partial charge in [-0.3, -0.25) is 9.79 Å². The summed E-state index contributed by atoms with van der Waals surface area (Å²) in [7, 11) is 0. The van der Waals surface area contributed by atoms with Crippen molar-refractivity contribution in [3.63, 3.8) is 0 Å². The maximum Gasteiger partial charge on any atom is 0.265 e. The number of rotatable bonds is 6. The Hall–Kier alpha value is -3.02. The number of nitrogens with one attached hydrogen (secondary N) is 1. The van der Waals surface area contributed by atoms with E-state index in [0.717, 1.165) is 30.0 Å². The highest BCUT2D eigenvalue weighted by molar-refractivity contribution is 5.97. The Labute approximate surface area is 153 Å². The van der Waals surface area contributed by atoms with E-state index in [1.807, 2.05) is 36.4 Å². The molecule has 136 valence electrons. The Kier molecular flexibility index (Phi) is 5.73. The SMILES string of the molecule is CCc1ccc(NC(N)=NCCCN2C(=O)COc3ccccc32)cc1. The molecule has 2 aromatic carbocycles. The molecule has 6 nitrogen and oxygen atoms in total. The quantitative estimate of drug-likeness (QED) is 0.476. The molecule has 6 heteroatoms. The van der Waals surface area contributed by atoms with Gasteiger partial charge in [0.1, 0.15) is 5.75 Å². The second-order valence-electron chi connectivity index (χ2n) is 6.10. The van der Waals surface area contributed by atoms with E-state index in [-0.39, 0.29) is 12.5 Å². The van der Waals surface area contributed by atoms with Crippen molar-refractivity contribution in [1.82, 2.24) is 0 Å². The van der Waals surface area contributed by atoms with Gasteiger partial charge in [-0.15, -0.1) is 0 Å². The summed E-state index contributed by atoms with van der Waals surface area (Å²) in [6.07, 6.45) is 1.73. The average Bonchev–Trinajstić information content (AvgIpc) is 2.67. The molecule has 0 aliphatic carbocycles. The van der Waals surface area contributed by atoms with Gasteiger partial charge < -0.3 is 20.7 Å². The summed E-state index contributed by atoms with van der Waals surface area (Å²) in [4.78, 5) is 18.2. The highest BCUT2D eigenvalue weighted by Gasteiger charge is 2.24. The minimum absolute atomic E-state index is 0.0326. The van der Waals surface area contributed by atoms with Crippen LogP contribution in [0.5, 0.6) is 5.75 Å². The molecule has 1 aliphatic heterocycles. The number of nitrogens with zero attached hydrogens (tertiary/aromatic N) is 2. The monoisotopic (exact) mass is 352 g/mol. The van der Waals surface area contributed by atoms with Crippen molar-refractivity contribution in [1.29, 1.82) is 0 Å². The van der Waals surface area contributed by atoms with Crippen LogP contribution in [0.3, 0.4) is 0 Å². The average molecular weight is 352 g/mol. The van der Waals surface area contributed by atoms with Gasteiger partial charge in [-0.2, -0.15) is 0 Å².